The van der Waals surface area contributed by atoms with Crippen LogP contribution in [0.25, 0.3) is 0 Å². The van der Waals surface area contributed by atoms with Crippen LogP contribution in [0.3, 0.4) is 0 Å². The fraction of sp³-hybridized carbons (Fsp3) is 0.889. The summed E-state index contributed by atoms with van der Waals surface area (Å²) in [5, 5.41) is 3.79. The second kappa shape index (κ2) is 3.24. The van der Waals surface area contributed by atoms with Crippen LogP contribution >= 0.6 is 0 Å². The lowest BCUT2D eigenvalue weighted by Gasteiger charge is -2.20. The molecule has 64 valence electrons. The molecule has 0 aromatic heterocycles. The lowest BCUT2D eigenvalue weighted by atomic mass is 9.85. The summed E-state index contributed by atoms with van der Waals surface area (Å²) >= 11 is 0. The van der Waals surface area contributed by atoms with Crippen molar-refractivity contribution in [3.05, 3.63) is 0 Å². The van der Waals surface area contributed by atoms with E-state index in [2.05, 4.69) is 18.9 Å². The summed E-state index contributed by atoms with van der Waals surface area (Å²) in [7, 11) is 0. The van der Waals surface area contributed by atoms with Crippen molar-refractivity contribution in [3.8, 4) is 0 Å². The molecule has 2 nitrogen and oxygen atoms in total. The number of hydrazone groups is 1. The molecule has 0 saturated heterocycles. The molecule has 0 radical (unpaired) electrons. The van der Waals surface area contributed by atoms with Crippen LogP contribution in [0.5, 0.6) is 0 Å². The average molecular weight is 154 g/mol. The fourth-order valence-electron chi connectivity index (χ4n) is 1.63. The smallest absolute Gasteiger partial charge is 0.0376 e. The molecule has 0 aliphatic heterocycles. The van der Waals surface area contributed by atoms with Gasteiger partial charge < -0.3 is 5.84 Å². The number of hydrogen-bond acceptors (Lipinski definition) is 2. The maximum Gasteiger partial charge on any atom is 0.0376 e. The van der Waals surface area contributed by atoms with E-state index in [9.17, 15) is 0 Å². The van der Waals surface area contributed by atoms with Crippen LogP contribution in [-0.4, -0.2) is 5.71 Å². The van der Waals surface area contributed by atoms with Gasteiger partial charge in [0.2, 0.25) is 0 Å². The first-order valence-corrected chi connectivity index (χ1v) is 4.40. The summed E-state index contributed by atoms with van der Waals surface area (Å²) < 4.78 is 0. The van der Waals surface area contributed by atoms with Gasteiger partial charge in [-0.25, -0.2) is 0 Å². The van der Waals surface area contributed by atoms with Crippen molar-refractivity contribution < 1.29 is 0 Å². The lowest BCUT2D eigenvalue weighted by molar-refractivity contribution is 0.317. The number of hydrogen-bond donors (Lipinski definition) is 1. The molecule has 0 amide bonds. The van der Waals surface area contributed by atoms with Crippen molar-refractivity contribution in [1.82, 2.24) is 0 Å². The van der Waals surface area contributed by atoms with E-state index in [4.69, 9.17) is 5.84 Å². The van der Waals surface area contributed by atoms with E-state index >= 15 is 0 Å². The van der Waals surface area contributed by atoms with Gasteiger partial charge in [0, 0.05) is 5.71 Å². The van der Waals surface area contributed by atoms with Crippen molar-refractivity contribution in [1.29, 1.82) is 0 Å². The molecule has 1 fully saturated rings. The van der Waals surface area contributed by atoms with Gasteiger partial charge in [-0.2, -0.15) is 5.10 Å². The van der Waals surface area contributed by atoms with Gasteiger partial charge in [0.1, 0.15) is 0 Å². The first-order valence-electron chi connectivity index (χ1n) is 4.40. The van der Waals surface area contributed by atoms with Crippen molar-refractivity contribution in [2.24, 2.45) is 16.4 Å². The molecule has 1 aliphatic carbocycles. The van der Waals surface area contributed by atoms with Gasteiger partial charge in [-0.05, 0) is 37.5 Å². The third kappa shape index (κ3) is 2.52. The zero-order valence-electron chi connectivity index (χ0n) is 7.56. The highest BCUT2D eigenvalue weighted by Crippen LogP contribution is 2.32. The molecule has 0 bridgehead atoms. The van der Waals surface area contributed by atoms with Crippen molar-refractivity contribution in [3.63, 3.8) is 0 Å². The minimum absolute atomic E-state index is 0.506. The van der Waals surface area contributed by atoms with Crippen molar-refractivity contribution >= 4 is 5.71 Å². The zero-order chi connectivity index (χ0) is 8.32. The number of nitrogens with zero attached hydrogens (tertiary/aromatic N) is 1. The molecule has 0 aromatic carbocycles. The van der Waals surface area contributed by atoms with Gasteiger partial charge in [0.25, 0.3) is 0 Å². The van der Waals surface area contributed by atoms with Crippen LogP contribution in [0, 0.1) is 5.41 Å². The topological polar surface area (TPSA) is 38.4 Å². The van der Waals surface area contributed by atoms with E-state index in [0.717, 1.165) is 12.8 Å². The molecule has 1 aliphatic rings. The molecule has 2 N–H and O–H groups in total. The van der Waals surface area contributed by atoms with Crippen LogP contribution in [0.1, 0.15) is 46.0 Å². The average Bonchev–Trinajstić information content (AvgIpc) is 2.10. The summed E-state index contributed by atoms with van der Waals surface area (Å²) in [6, 6.07) is 0. The van der Waals surface area contributed by atoms with Crippen LogP contribution < -0.4 is 5.84 Å². The van der Waals surface area contributed by atoms with Gasteiger partial charge in [0.15, 0.2) is 0 Å². The van der Waals surface area contributed by atoms with Gasteiger partial charge in [-0.3, -0.25) is 0 Å². The lowest BCUT2D eigenvalue weighted by Crippen LogP contribution is -2.09. The van der Waals surface area contributed by atoms with Crippen molar-refractivity contribution in [2.75, 3.05) is 0 Å². The Morgan fingerprint density at radius 2 is 2.00 bits per heavy atom. The summed E-state index contributed by atoms with van der Waals surface area (Å²) in [6.07, 6.45) is 6.02. The minimum Gasteiger partial charge on any atom is -0.323 e. The van der Waals surface area contributed by atoms with Crippen LogP contribution in [0.15, 0.2) is 5.10 Å². The molecule has 0 unspecified atom stereocenters. The van der Waals surface area contributed by atoms with Gasteiger partial charge in [0.05, 0.1) is 0 Å². The van der Waals surface area contributed by atoms with Gasteiger partial charge in [-0.15, -0.1) is 0 Å². The predicted molar refractivity (Wildman–Crippen MR) is 48.5 cm³/mol. The van der Waals surface area contributed by atoms with E-state index in [-0.39, 0.29) is 0 Å². The van der Waals surface area contributed by atoms with E-state index < -0.39 is 0 Å². The Bertz CT molecular complexity index is 159. The second-order valence-corrected chi connectivity index (χ2v) is 4.21. The number of rotatable bonds is 0. The van der Waals surface area contributed by atoms with E-state index in [0.29, 0.717) is 5.41 Å². The Morgan fingerprint density at radius 3 is 2.64 bits per heavy atom. The maximum absolute atomic E-state index is 5.25. The molecule has 2 heteroatoms. The van der Waals surface area contributed by atoms with Gasteiger partial charge in [-0.1, -0.05) is 13.8 Å². The second-order valence-electron chi connectivity index (χ2n) is 4.21. The highest BCUT2D eigenvalue weighted by atomic mass is 15.1. The van der Waals surface area contributed by atoms with Crippen LogP contribution in [0.4, 0.5) is 0 Å². The van der Waals surface area contributed by atoms with E-state index in [1.165, 1.54) is 25.0 Å². The third-order valence-electron chi connectivity index (χ3n) is 2.59. The van der Waals surface area contributed by atoms with Crippen LogP contribution in [0.2, 0.25) is 0 Å². The first kappa shape index (κ1) is 8.57. The third-order valence-corrected chi connectivity index (χ3v) is 2.59. The Morgan fingerprint density at radius 1 is 1.27 bits per heavy atom. The monoisotopic (exact) mass is 154 g/mol. The SMILES string of the molecule is CC1(C)CCC/C(=N\N)CC1. The molecular weight excluding hydrogens is 136 g/mol. The van der Waals surface area contributed by atoms with E-state index in [1.54, 1.807) is 0 Å². The van der Waals surface area contributed by atoms with E-state index in [1.807, 2.05) is 0 Å². The largest absolute Gasteiger partial charge is 0.323 e. The minimum atomic E-state index is 0.506. The molecule has 1 rings (SSSR count). The molecule has 0 heterocycles. The highest BCUT2D eigenvalue weighted by Gasteiger charge is 2.21. The molecule has 11 heavy (non-hydrogen) atoms. The Labute approximate surface area is 68.9 Å². The first-order chi connectivity index (χ1) is 5.14. The fourth-order valence-corrected chi connectivity index (χ4v) is 1.63. The summed E-state index contributed by atoms with van der Waals surface area (Å²) in [5.41, 5.74) is 1.71. The molecular formula is C9H18N2. The maximum atomic E-state index is 5.25. The molecule has 0 spiro atoms. The van der Waals surface area contributed by atoms with Crippen LogP contribution in [-0.2, 0) is 0 Å². The quantitative estimate of drug-likeness (QED) is 0.324. The summed E-state index contributed by atoms with van der Waals surface area (Å²) in [6.45, 7) is 4.65. The zero-order valence-corrected chi connectivity index (χ0v) is 7.56. The summed E-state index contributed by atoms with van der Waals surface area (Å²) in [4.78, 5) is 0. The molecule has 0 atom stereocenters. The Balaban J connectivity index is 2.53. The molecule has 1 saturated carbocycles. The number of nitrogens with two attached hydrogens (primary N) is 1. The summed E-state index contributed by atoms with van der Waals surface area (Å²) in [5.74, 6) is 5.25. The predicted octanol–water partition coefficient (Wildman–Crippen LogP) is 2.29. The van der Waals surface area contributed by atoms with Crippen molar-refractivity contribution in [2.45, 2.75) is 46.0 Å². The standard InChI is InChI=1S/C9H18N2/c1-9(2)6-3-4-8(11-10)5-7-9/h3-7,10H2,1-2H3/b11-8+. The Kier molecular flexibility index (Phi) is 2.53. The Hall–Kier alpha value is -0.530. The molecule has 0 aromatic rings. The normalized spacial score (nSPS) is 28.4. The van der Waals surface area contributed by atoms with Gasteiger partial charge >= 0.3 is 0 Å². The highest BCUT2D eigenvalue weighted by molar-refractivity contribution is 5.84.